The largest absolute Gasteiger partial charge is 0.492 e. The van der Waals surface area contributed by atoms with Gasteiger partial charge in [0.15, 0.2) is 23.0 Å². The molecule has 0 heterocycles. The van der Waals surface area contributed by atoms with Crippen molar-refractivity contribution in [1.82, 2.24) is 10.6 Å². The van der Waals surface area contributed by atoms with Crippen LogP contribution in [0.5, 0.6) is 46.0 Å². The van der Waals surface area contributed by atoms with E-state index in [2.05, 4.69) is 34.9 Å². The summed E-state index contributed by atoms with van der Waals surface area (Å²) in [6, 6.07) is 8.44. The van der Waals surface area contributed by atoms with E-state index in [0.717, 1.165) is 33.4 Å². The number of rotatable bonds is 16. The summed E-state index contributed by atoms with van der Waals surface area (Å²) in [6.07, 6.45) is 0. The first kappa shape index (κ1) is 32.5. The molecule has 0 radical (unpaired) electrons. The second-order valence-corrected chi connectivity index (χ2v) is 9.50. The molecule has 0 bridgehead atoms. The highest BCUT2D eigenvalue weighted by Gasteiger charge is 2.26. The number of hydrogen-bond acceptors (Lipinski definition) is 10. The smallest absolute Gasteiger partial charge is 0.207 e. The van der Waals surface area contributed by atoms with E-state index >= 15 is 0 Å². The van der Waals surface area contributed by atoms with Gasteiger partial charge >= 0.3 is 0 Å². The van der Waals surface area contributed by atoms with Gasteiger partial charge in [-0.05, 0) is 25.0 Å². The van der Waals surface area contributed by atoms with Crippen LogP contribution in [0.2, 0.25) is 0 Å². The molecule has 230 valence electrons. The van der Waals surface area contributed by atoms with Crippen LogP contribution in [0.3, 0.4) is 0 Å². The maximum atomic E-state index is 5.72. The molecule has 3 aromatic rings. The zero-order valence-corrected chi connectivity index (χ0v) is 26.4. The zero-order valence-electron chi connectivity index (χ0n) is 26.4. The molecule has 0 aliphatic rings. The van der Waals surface area contributed by atoms with Crippen molar-refractivity contribution in [2.45, 2.75) is 40.0 Å². The van der Waals surface area contributed by atoms with Crippen molar-refractivity contribution in [3.8, 4) is 46.0 Å². The molecule has 0 atom stereocenters. The molecule has 0 aliphatic carbocycles. The molecule has 0 fully saturated rings. The van der Waals surface area contributed by atoms with Gasteiger partial charge in [0.05, 0.1) is 56.9 Å². The molecule has 2 N–H and O–H groups in total. The van der Waals surface area contributed by atoms with Gasteiger partial charge in [-0.2, -0.15) is 0 Å². The van der Waals surface area contributed by atoms with Crippen molar-refractivity contribution in [2.24, 2.45) is 0 Å². The summed E-state index contributed by atoms with van der Waals surface area (Å²) in [7, 11) is 12.8. The van der Waals surface area contributed by atoms with Crippen molar-refractivity contribution >= 4 is 0 Å². The molecule has 0 unspecified atom stereocenters. The SMILES string of the molecule is COc1c(C)c(CNCc2cccc(CNCc3c(C)c(OC)c(OC)c(OC)c3OC)c2)c(OC)c(OC)c1OC. The quantitative estimate of drug-likeness (QED) is 0.241. The normalized spacial score (nSPS) is 10.7. The lowest BCUT2D eigenvalue weighted by Crippen LogP contribution is -2.17. The molecule has 10 nitrogen and oxygen atoms in total. The van der Waals surface area contributed by atoms with E-state index < -0.39 is 0 Å². The van der Waals surface area contributed by atoms with E-state index in [1.807, 2.05) is 13.8 Å². The molecule has 3 rings (SSSR count). The second-order valence-electron chi connectivity index (χ2n) is 9.50. The van der Waals surface area contributed by atoms with Crippen molar-refractivity contribution in [1.29, 1.82) is 0 Å². The van der Waals surface area contributed by atoms with E-state index in [-0.39, 0.29) is 0 Å². The maximum absolute atomic E-state index is 5.72. The molecule has 0 saturated heterocycles. The minimum atomic E-state index is 0.506. The minimum absolute atomic E-state index is 0.506. The third kappa shape index (κ3) is 6.55. The lowest BCUT2D eigenvalue weighted by molar-refractivity contribution is 0.301. The van der Waals surface area contributed by atoms with Crippen molar-refractivity contribution in [3.63, 3.8) is 0 Å². The Kier molecular flexibility index (Phi) is 11.8. The van der Waals surface area contributed by atoms with Gasteiger partial charge in [-0.25, -0.2) is 0 Å². The topological polar surface area (TPSA) is 97.9 Å². The second kappa shape index (κ2) is 15.3. The average Bonchev–Trinajstić information content (AvgIpc) is 3.01. The first-order chi connectivity index (χ1) is 20.3. The third-order valence-corrected chi connectivity index (χ3v) is 7.26. The summed E-state index contributed by atoms with van der Waals surface area (Å²) < 4.78 is 45.0. The van der Waals surface area contributed by atoms with Gasteiger partial charge in [-0.3, -0.25) is 0 Å². The fraction of sp³-hybridized carbons (Fsp3) is 0.438. The summed E-state index contributed by atoms with van der Waals surface area (Å²) in [4.78, 5) is 0. The van der Waals surface area contributed by atoms with Gasteiger partial charge in [0.2, 0.25) is 23.0 Å². The molecule has 0 amide bonds. The van der Waals surface area contributed by atoms with Crippen molar-refractivity contribution < 1.29 is 37.9 Å². The molecule has 42 heavy (non-hydrogen) atoms. The Labute approximate surface area is 249 Å². The maximum Gasteiger partial charge on any atom is 0.207 e. The fourth-order valence-corrected chi connectivity index (χ4v) is 5.25. The Balaban J connectivity index is 1.73. The Morgan fingerprint density at radius 2 is 0.738 bits per heavy atom. The Bertz CT molecular complexity index is 1260. The molecule has 0 saturated carbocycles. The molecule has 3 aromatic carbocycles. The van der Waals surface area contributed by atoms with Crippen LogP contribution in [0, 0.1) is 13.8 Å². The predicted molar refractivity (Wildman–Crippen MR) is 162 cm³/mol. The Hall–Kier alpha value is -4.02. The average molecular weight is 585 g/mol. The lowest BCUT2D eigenvalue weighted by Gasteiger charge is -2.22. The zero-order chi connectivity index (χ0) is 30.8. The van der Waals surface area contributed by atoms with Gasteiger partial charge in [0.25, 0.3) is 0 Å². The summed E-state index contributed by atoms with van der Waals surface area (Å²) in [5, 5.41) is 7.07. The van der Waals surface area contributed by atoms with Crippen molar-refractivity contribution in [2.75, 3.05) is 56.9 Å². The van der Waals surface area contributed by atoms with Crippen LogP contribution < -0.4 is 48.5 Å². The van der Waals surface area contributed by atoms with Crippen molar-refractivity contribution in [3.05, 3.63) is 57.6 Å². The standard InChI is InChI=1S/C32H44N2O8/c1-19-23(27(37-5)31(41-9)29(39-7)25(19)35-3)17-33-15-21-12-11-13-22(14-21)16-34-18-24-20(2)26(36-4)30(40-8)32(42-10)28(24)38-6/h11-14,33-34H,15-18H2,1-10H3. The van der Waals surface area contributed by atoms with Crippen LogP contribution in [0.25, 0.3) is 0 Å². The number of benzene rings is 3. The van der Waals surface area contributed by atoms with Crippen LogP contribution in [0.15, 0.2) is 24.3 Å². The number of nitrogens with one attached hydrogen (secondary N) is 2. The van der Waals surface area contributed by atoms with Crippen LogP contribution in [0.1, 0.15) is 33.4 Å². The van der Waals surface area contributed by atoms with Crippen LogP contribution in [0.4, 0.5) is 0 Å². The lowest BCUT2D eigenvalue weighted by atomic mass is 10.0. The summed E-state index contributed by atoms with van der Waals surface area (Å²) in [6.45, 7) is 6.39. The molecule has 0 spiro atoms. The Morgan fingerprint density at radius 3 is 1.05 bits per heavy atom. The van der Waals surface area contributed by atoms with Crippen LogP contribution in [-0.2, 0) is 26.2 Å². The third-order valence-electron chi connectivity index (χ3n) is 7.26. The highest BCUT2D eigenvalue weighted by atomic mass is 16.6. The first-order valence-electron chi connectivity index (χ1n) is 13.5. The monoisotopic (exact) mass is 584 g/mol. The highest BCUT2D eigenvalue weighted by molar-refractivity contribution is 5.67. The predicted octanol–water partition coefficient (Wildman–Crippen LogP) is 4.95. The van der Waals surface area contributed by atoms with Gasteiger partial charge < -0.3 is 48.5 Å². The van der Waals surface area contributed by atoms with E-state index in [1.54, 1.807) is 56.9 Å². The highest BCUT2D eigenvalue weighted by Crippen LogP contribution is 2.50. The molecule has 0 aromatic heterocycles. The van der Waals surface area contributed by atoms with E-state index in [4.69, 9.17) is 37.9 Å². The van der Waals surface area contributed by atoms with Crippen LogP contribution >= 0.6 is 0 Å². The summed E-state index contributed by atoms with van der Waals surface area (Å²) in [5.41, 5.74) is 6.05. The van der Waals surface area contributed by atoms with Gasteiger partial charge in [-0.1, -0.05) is 24.3 Å². The van der Waals surface area contributed by atoms with E-state index in [0.29, 0.717) is 72.2 Å². The molecule has 0 aliphatic heterocycles. The van der Waals surface area contributed by atoms with Gasteiger partial charge in [0, 0.05) is 48.4 Å². The molecular formula is C32H44N2O8. The molecule has 10 heteroatoms. The first-order valence-corrected chi connectivity index (χ1v) is 13.5. The fourth-order valence-electron chi connectivity index (χ4n) is 5.25. The summed E-state index contributed by atoms with van der Waals surface area (Å²) in [5.74, 6) is 4.53. The summed E-state index contributed by atoms with van der Waals surface area (Å²) >= 11 is 0. The van der Waals surface area contributed by atoms with Gasteiger partial charge in [0.1, 0.15) is 0 Å². The van der Waals surface area contributed by atoms with Crippen LogP contribution in [-0.4, -0.2) is 56.9 Å². The minimum Gasteiger partial charge on any atom is -0.492 e. The van der Waals surface area contributed by atoms with E-state index in [9.17, 15) is 0 Å². The number of ether oxygens (including phenoxy) is 8. The Morgan fingerprint density at radius 1 is 0.429 bits per heavy atom. The number of hydrogen-bond donors (Lipinski definition) is 2. The number of methoxy groups -OCH3 is 8. The van der Waals surface area contributed by atoms with E-state index in [1.165, 1.54) is 0 Å². The van der Waals surface area contributed by atoms with Gasteiger partial charge in [-0.15, -0.1) is 0 Å². The molecular weight excluding hydrogens is 540 g/mol.